The zero-order valence-electron chi connectivity index (χ0n) is 18.7. The van der Waals surface area contributed by atoms with Crippen LogP contribution in [0.4, 0.5) is 11.4 Å². The van der Waals surface area contributed by atoms with Crippen molar-refractivity contribution in [2.24, 2.45) is 0 Å². The molecule has 8 heteroatoms. The van der Waals surface area contributed by atoms with Crippen molar-refractivity contribution >= 4 is 46.4 Å². The van der Waals surface area contributed by atoms with Gasteiger partial charge in [0, 0.05) is 55.8 Å². The second-order valence-electron chi connectivity index (χ2n) is 8.64. The van der Waals surface area contributed by atoms with Crippen molar-refractivity contribution in [3.63, 3.8) is 0 Å². The van der Waals surface area contributed by atoms with E-state index in [-0.39, 0.29) is 17.9 Å². The number of amides is 2. The predicted octanol–water partition coefficient (Wildman–Crippen LogP) is 5.38. The number of ether oxygens (including phenoxy) is 1. The molecule has 2 saturated heterocycles. The standard InChI is InChI=1S/C25H29Cl2N3O3/c1-17(31)30-13-3-2-4-23(30)25(32)28-19-7-10-24(22(27)16-19)33-21-11-14-29(15-12-21)20-8-5-18(26)6-9-20/h5-10,16,21,23H,2-4,11-15H2,1H3,(H,28,32). The van der Waals surface area contributed by atoms with Crippen LogP contribution in [-0.2, 0) is 9.59 Å². The molecule has 0 aliphatic carbocycles. The fourth-order valence-corrected chi connectivity index (χ4v) is 4.90. The molecule has 1 unspecified atom stereocenters. The lowest BCUT2D eigenvalue weighted by molar-refractivity contribution is -0.138. The zero-order chi connectivity index (χ0) is 23.4. The van der Waals surface area contributed by atoms with Crippen molar-refractivity contribution in [3.05, 3.63) is 52.5 Å². The Morgan fingerprint density at radius 3 is 2.36 bits per heavy atom. The molecule has 4 rings (SSSR count). The maximum atomic E-state index is 12.8. The average Bonchev–Trinajstić information content (AvgIpc) is 2.82. The molecule has 0 bridgehead atoms. The van der Waals surface area contributed by atoms with E-state index in [0.717, 1.165) is 49.5 Å². The fraction of sp³-hybridized carbons (Fsp3) is 0.440. The summed E-state index contributed by atoms with van der Waals surface area (Å²) in [6, 6.07) is 12.8. The number of rotatable bonds is 5. The van der Waals surface area contributed by atoms with Gasteiger partial charge in [0.1, 0.15) is 17.9 Å². The van der Waals surface area contributed by atoms with Crippen molar-refractivity contribution in [2.45, 2.75) is 51.2 Å². The van der Waals surface area contributed by atoms with E-state index in [1.165, 1.54) is 6.92 Å². The number of piperidine rings is 2. The van der Waals surface area contributed by atoms with Gasteiger partial charge in [-0.2, -0.15) is 0 Å². The third-order valence-electron chi connectivity index (χ3n) is 6.34. The third-order valence-corrected chi connectivity index (χ3v) is 6.88. The predicted molar refractivity (Wildman–Crippen MR) is 132 cm³/mol. The first-order valence-corrected chi connectivity index (χ1v) is 12.2. The van der Waals surface area contributed by atoms with Crippen LogP contribution >= 0.6 is 23.2 Å². The number of nitrogens with zero attached hydrogens (tertiary/aromatic N) is 2. The summed E-state index contributed by atoms with van der Waals surface area (Å²) in [6.45, 7) is 3.92. The molecule has 0 aromatic heterocycles. The highest BCUT2D eigenvalue weighted by atomic mass is 35.5. The van der Waals surface area contributed by atoms with Gasteiger partial charge in [0.25, 0.3) is 0 Å². The van der Waals surface area contributed by atoms with Gasteiger partial charge >= 0.3 is 0 Å². The van der Waals surface area contributed by atoms with Crippen LogP contribution in [0.15, 0.2) is 42.5 Å². The summed E-state index contributed by atoms with van der Waals surface area (Å²) in [5.41, 5.74) is 1.77. The monoisotopic (exact) mass is 489 g/mol. The van der Waals surface area contributed by atoms with E-state index in [0.29, 0.717) is 29.4 Å². The quantitative estimate of drug-likeness (QED) is 0.612. The molecule has 2 aliphatic rings. The highest BCUT2D eigenvalue weighted by molar-refractivity contribution is 6.32. The molecule has 176 valence electrons. The van der Waals surface area contributed by atoms with Crippen molar-refractivity contribution < 1.29 is 14.3 Å². The van der Waals surface area contributed by atoms with Gasteiger partial charge in [0.15, 0.2) is 0 Å². The number of likely N-dealkylation sites (tertiary alicyclic amines) is 1. The number of carbonyl (C=O) groups excluding carboxylic acids is 2. The summed E-state index contributed by atoms with van der Waals surface area (Å²) in [6.07, 6.45) is 4.40. The van der Waals surface area contributed by atoms with Gasteiger partial charge in [0.05, 0.1) is 5.02 Å². The lowest BCUT2D eigenvalue weighted by Gasteiger charge is -2.34. The molecule has 2 aliphatic heterocycles. The van der Waals surface area contributed by atoms with Crippen LogP contribution in [0, 0.1) is 0 Å². The highest BCUT2D eigenvalue weighted by Gasteiger charge is 2.30. The second kappa shape index (κ2) is 10.7. The molecule has 1 N–H and O–H groups in total. The van der Waals surface area contributed by atoms with Crippen LogP contribution in [0.2, 0.25) is 10.0 Å². The molecular weight excluding hydrogens is 461 g/mol. The molecule has 2 aromatic rings. The van der Waals surface area contributed by atoms with Crippen LogP contribution in [-0.4, -0.2) is 48.5 Å². The Bertz CT molecular complexity index is 991. The molecule has 2 heterocycles. The second-order valence-corrected chi connectivity index (χ2v) is 9.48. The number of carbonyl (C=O) groups is 2. The minimum atomic E-state index is -0.434. The summed E-state index contributed by atoms with van der Waals surface area (Å²) >= 11 is 12.5. The molecule has 6 nitrogen and oxygen atoms in total. The molecule has 1 atom stereocenters. The van der Waals surface area contributed by atoms with Gasteiger partial charge < -0.3 is 19.9 Å². The van der Waals surface area contributed by atoms with Gasteiger partial charge in [-0.15, -0.1) is 0 Å². The number of benzene rings is 2. The van der Waals surface area contributed by atoms with Crippen molar-refractivity contribution in [3.8, 4) is 5.75 Å². The van der Waals surface area contributed by atoms with E-state index in [1.807, 2.05) is 24.3 Å². The number of hydrogen-bond donors (Lipinski definition) is 1. The summed E-state index contributed by atoms with van der Waals surface area (Å²) in [5.74, 6) is 0.366. The SMILES string of the molecule is CC(=O)N1CCCCC1C(=O)Nc1ccc(OC2CCN(c3ccc(Cl)cc3)CC2)c(Cl)c1. The Hall–Kier alpha value is -2.44. The van der Waals surface area contributed by atoms with Gasteiger partial charge in [-0.05, 0) is 61.7 Å². The molecule has 2 amide bonds. The van der Waals surface area contributed by atoms with Gasteiger partial charge in [-0.1, -0.05) is 23.2 Å². The van der Waals surface area contributed by atoms with E-state index < -0.39 is 6.04 Å². The largest absolute Gasteiger partial charge is 0.489 e. The topological polar surface area (TPSA) is 61.9 Å². The Labute approximate surface area is 204 Å². The summed E-state index contributed by atoms with van der Waals surface area (Å²) < 4.78 is 6.17. The number of nitrogens with one attached hydrogen (secondary N) is 1. The van der Waals surface area contributed by atoms with Crippen LogP contribution in [0.3, 0.4) is 0 Å². The fourth-order valence-electron chi connectivity index (χ4n) is 4.54. The lowest BCUT2D eigenvalue weighted by atomic mass is 10.0. The van der Waals surface area contributed by atoms with Gasteiger partial charge in [0.2, 0.25) is 11.8 Å². The van der Waals surface area contributed by atoms with Crippen LogP contribution in [0.1, 0.15) is 39.0 Å². The number of halogens is 2. The minimum Gasteiger partial charge on any atom is -0.489 e. The Morgan fingerprint density at radius 2 is 1.70 bits per heavy atom. The van der Waals surface area contributed by atoms with Crippen molar-refractivity contribution in [1.29, 1.82) is 0 Å². The molecule has 0 radical (unpaired) electrons. The smallest absolute Gasteiger partial charge is 0.247 e. The van der Waals surface area contributed by atoms with E-state index in [1.54, 1.807) is 23.1 Å². The molecule has 33 heavy (non-hydrogen) atoms. The van der Waals surface area contributed by atoms with Crippen LogP contribution in [0.25, 0.3) is 0 Å². The maximum Gasteiger partial charge on any atom is 0.247 e. The van der Waals surface area contributed by atoms with Crippen molar-refractivity contribution in [2.75, 3.05) is 29.9 Å². The summed E-state index contributed by atoms with van der Waals surface area (Å²) in [7, 11) is 0. The molecule has 0 spiro atoms. The Balaban J connectivity index is 1.32. The molecule has 2 fully saturated rings. The van der Waals surface area contributed by atoms with Crippen LogP contribution in [0.5, 0.6) is 5.75 Å². The average molecular weight is 490 g/mol. The zero-order valence-corrected chi connectivity index (χ0v) is 20.2. The first kappa shape index (κ1) is 23.7. The first-order valence-electron chi connectivity index (χ1n) is 11.5. The minimum absolute atomic E-state index is 0.0706. The maximum absolute atomic E-state index is 12.8. The number of hydrogen-bond acceptors (Lipinski definition) is 4. The molecule has 2 aromatic carbocycles. The Morgan fingerprint density at radius 1 is 0.970 bits per heavy atom. The van der Waals surface area contributed by atoms with Crippen LogP contribution < -0.4 is 15.0 Å². The normalized spacial score (nSPS) is 19.3. The van der Waals surface area contributed by atoms with Gasteiger partial charge in [-0.25, -0.2) is 0 Å². The van der Waals surface area contributed by atoms with Gasteiger partial charge in [-0.3, -0.25) is 9.59 Å². The summed E-state index contributed by atoms with van der Waals surface area (Å²) in [5, 5.41) is 4.10. The highest BCUT2D eigenvalue weighted by Crippen LogP contribution is 2.31. The Kier molecular flexibility index (Phi) is 7.66. The van der Waals surface area contributed by atoms with E-state index in [9.17, 15) is 9.59 Å². The molecular formula is C25H29Cl2N3O3. The molecule has 0 saturated carbocycles. The lowest BCUT2D eigenvalue weighted by Crippen LogP contribution is -2.49. The van der Waals surface area contributed by atoms with E-state index in [4.69, 9.17) is 27.9 Å². The third kappa shape index (κ3) is 5.92. The van der Waals surface area contributed by atoms with Crippen molar-refractivity contribution in [1.82, 2.24) is 4.90 Å². The van der Waals surface area contributed by atoms with E-state index in [2.05, 4.69) is 10.2 Å². The van der Waals surface area contributed by atoms with E-state index >= 15 is 0 Å². The first-order chi connectivity index (χ1) is 15.9. The summed E-state index contributed by atoms with van der Waals surface area (Å²) in [4.78, 5) is 28.6. The number of anilines is 2.